The minimum atomic E-state index is -1.29. The van der Waals surface area contributed by atoms with E-state index in [0.717, 1.165) is 22.3 Å². The zero-order valence-electron chi connectivity index (χ0n) is 28.8. The summed E-state index contributed by atoms with van der Waals surface area (Å²) in [7, 11) is 0. The second kappa shape index (κ2) is 14.0. The molecule has 0 aliphatic carbocycles. The van der Waals surface area contributed by atoms with Gasteiger partial charge in [0.05, 0.1) is 22.4 Å². The van der Waals surface area contributed by atoms with Crippen LogP contribution in [0.1, 0.15) is 98.6 Å². The number of benzene rings is 4. The summed E-state index contributed by atoms with van der Waals surface area (Å²) in [6.07, 6.45) is -0.215. The van der Waals surface area contributed by atoms with Gasteiger partial charge in [-0.2, -0.15) is 0 Å². The predicted molar refractivity (Wildman–Crippen MR) is 194 cm³/mol. The molecular formula is C42H40N2O6. The van der Waals surface area contributed by atoms with Crippen LogP contribution >= 0.6 is 0 Å². The van der Waals surface area contributed by atoms with E-state index in [4.69, 9.17) is 14.7 Å². The second-order valence-electron chi connectivity index (χ2n) is 13.1. The standard InChI is InChI=1S/C42H40N2O6/c1-23-19-20-32-36(40(46)34(43-37(32)26(23)4)22-25(3)29-15-10-7-11-16-29)42(49)50-27(5)30-17-12-18-31-35(41(47)48)39(45)33(44-38(30)31)21-24(2)28-13-8-6-9-14-28/h6-20,24-25,27,45-46H,21-22H2,1-5H3,(H,47,48). The topological polar surface area (TPSA) is 130 Å². The Morgan fingerprint density at radius 1 is 0.660 bits per heavy atom. The van der Waals surface area contributed by atoms with Crippen LogP contribution in [-0.4, -0.2) is 37.2 Å². The summed E-state index contributed by atoms with van der Waals surface area (Å²) in [6, 6.07) is 28.3. The highest BCUT2D eigenvalue weighted by molar-refractivity contribution is 6.08. The molecule has 0 amide bonds. The van der Waals surface area contributed by atoms with Crippen molar-refractivity contribution < 1.29 is 29.6 Å². The molecule has 2 heterocycles. The molecular weight excluding hydrogens is 628 g/mol. The lowest BCUT2D eigenvalue weighted by atomic mass is 9.93. The van der Waals surface area contributed by atoms with Crippen molar-refractivity contribution in [3.8, 4) is 11.5 Å². The predicted octanol–water partition coefficient (Wildman–Crippen LogP) is 9.12. The number of carboxylic acids is 1. The number of nitrogens with zero attached hydrogens (tertiary/aromatic N) is 2. The van der Waals surface area contributed by atoms with Gasteiger partial charge in [-0.05, 0) is 54.9 Å². The molecule has 0 aliphatic heterocycles. The molecule has 0 aliphatic rings. The number of hydrogen-bond donors (Lipinski definition) is 3. The van der Waals surface area contributed by atoms with Gasteiger partial charge in [-0.3, -0.25) is 0 Å². The molecule has 254 valence electrons. The van der Waals surface area contributed by atoms with E-state index in [1.54, 1.807) is 31.2 Å². The van der Waals surface area contributed by atoms with Crippen LogP contribution < -0.4 is 0 Å². The van der Waals surface area contributed by atoms with E-state index in [-0.39, 0.29) is 52.0 Å². The summed E-state index contributed by atoms with van der Waals surface area (Å²) in [5.74, 6) is -2.70. The van der Waals surface area contributed by atoms with E-state index in [0.29, 0.717) is 34.1 Å². The molecule has 6 rings (SSSR count). The maximum Gasteiger partial charge on any atom is 0.343 e. The summed E-state index contributed by atoms with van der Waals surface area (Å²) >= 11 is 0. The van der Waals surface area contributed by atoms with Gasteiger partial charge >= 0.3 is 11.9 Å². The number of carbonyl (C=O) groups is 2. The Morgan fingerprint density at radius 3 is 1.74 bits per heavy atom. The van der Waals surface area contributed by atoms with E-state index in [1.807, 2.05) is 87.5 Å². The quantitative estimate of drug-likeness (QED) is 0.123. The van der Waals surface area contributed by atoms with Crippen molar-refractivity contribution in [2.24, 2.45) is 0 Å². The van der Waals surface area contributed by atoms with E-state index < -0.39 is 18.0 Å². The van der Waals surface area contributed by atoms with Crippen molar-refractivity contribution in [1.82, 2.24) is 9.97 Å². The number of pyridine rings is 2. The Morgan fingerprint density at radius 2 is 1.18 bits per heavy atom. The molecule has 0 spiro atoms. The maximum absolute atomic E-state index is 14.1. The van der Waals surface area contributed by atoms with Gasteiger partial charge in [0.25, 0.3) is 0 Å². The Kier molecular flexibility index (Phi) is 9.55. The third-order valence-corrected chi connectivity index (χ3v) is 9.70. The first-order valence-corrected chi connectivity index (χ1v) is 16.8. The number of hydrogen-bond acceptors (Lipinski definition) is 7. The highest BCUT2D eigenvalue weighted by atomic mass is 16.5. The van der Waals surface area contributed by atoms with Gasteiger partial charge in [-0.25, -0.2) is 19.6 Å². The van der Waals surface area contributed by atoms with Crippen LogP contribution in [0.5, 0.6) is 11.5 Å². The lowest BCUT2D eigenvalue weighted by Gasteiger charge is -2.20. The molecule has 0 radical (unpaired) electrons. The number of carboxylic acid groups (broad SMARTS) is 1. The monoisotopic (exact) mass is 668 g/mol. The number of aryl methyl sites for hydroxylation is 2. The van der Waals surface area contributed by atoms with Crippen LogP contribution in [0.3, 0.4) is 0 Å². The van der Waals surface area contributed by atoms with Gasteiger partial charge in [0.1, 0.15) is 17.2 Å². The average Bonchev–Trinajstić information content (AvgIpc) is 3.11. The minimum Gasteiger partial charge on any atom is -0.505 e. The maximum atomic E-state index is 14.1. The Hall–Kier alpha value is -5.76. The molecule has 4 aromatic carbocycles. The van der Waals surface area contributed by atoms with Crippen LogP contribution in [-0.2, 0) is 17.6 Å². The molecule has 3 unspecified atom stereocenters. The number of para-hydroxylation sites is 1. The fourth-order valence-electron chi connectivity index (χ4n) is 6.65. The van der Waals surface area contributed by atoms with Crippen molar-refractivity contribution in [3.63, 3.8) is 0 Å². The molecule has 0 fully saturated rings. The van der Waals surface area contributed by atoms with Crippen LogP contribution in [0.4, 0.5) is 0 Å². The van der Waals surface area contributed by atoms with Crippen molar-refractivity contribution in [3.05, 3.63) is 141 Å². The Labute approximate surface area is 291 Å². The van der Waals surface area contributed by atoms with Crippen molar-refractivity contribution in [2.45, 2.75) is 65.4 Å². The van der Waals surface area contributed by atoms with Crippen LogP contribution in [0.25, 0.3) is 21.8 Å². The highest BCUT2D eigenvalue weighted by Gasteiger charge is 2.28. The molecule has 2 aromatic heterocycles. The van der Waals surface area contributed by atoms with E-state index in [9.17, 15) is 24.9 Å². The van der Waals surface area contributed by atoms with Crippen molar-refractivity contribution >= 4 is 33.7 Å². The Balaban J connectivity index is 1.41. The number of aromatic hydroxyl groups is 2. The number of esters is 1. The first-order valence-electron chi connectivity index (χ1n) is 16.8. The lowest BCUT2D eigenvalue weighted by molar-refractivity contribution is 0.0339. The van der Waals surface area contributed by atoms with Gasteiger partial charge in [0.15, 0.2) is 11.5 Å². The van der Waals surface area contributed by atoms with Crippen molar-refractivity contribution in [1.29, 1.82) is 0 Å². The average molecular weight is 669 g/mol. The van der Waals surface area contributed by atoms with Gasteiger partial charge in [0.2, 0.25) is 0 Å². The third-order valence-electron chi connectivity index (χ3n) is 9.70. The number of aromatic nitrogens is 2. The van der Waals surface area contributed by atoms with E-state index >= 15 is 0 Å². The van der Waals surface area contributed by atoms with E-state index in [2.05, 4.69) is 6.92 Å². The van der Waals surface area contributed by atoms with Gasteiger partial charge in [0, 0.05) is 29.2 Å². The lowest BCUT2D eigenvalue weighted by Crippen LogP contribution is -2.14. The summed E-state index contributed by atoms with van der Waals surface area (Å²) < 4.78 is 6.08. The number of fused-ring (bicyclic) bond motifs is 2. The van der Waals surface area contributed by atoms with Crippen LogP contribution in [0.2, 0.25) is 0 Å². The highest BCUT2D eigenvalue weighted by Crippen LogP contribution is 2.38. The van der Waals surface area contributed by atoms with Gasteiger partial charge in [-0.1, -0.05) is 105 Å². The molecule has 3 N–H and O–H groups in total. The molecule has 0 saturated carbocycles. The van der Waals surface area contributed by atoms with Crippen LogP contribution in [0.15, 0.2) is 91.0 Å². The number of carbonyl (C=O) groups excluding carboxylic acids is 1. The number of ether oxygens (including phenoxy) is 1. The molecule has 8 heteroatoms. The summed E-state index contributed by atoms with van der Waals surface area (Å²) in [5.41, 5.74) is 5.79. The van der Waals surface area contributed by atoms with E-state index in [1.165, 1.54) is 0 Å². The summed E-state index contributed by atoms with van der Waals surface area (Å²) in [5, 5.41) is 33.7. The molecule has 50 heavy (non-hydrogen) atoms. The summed E-state index contributed by atoms with van der Waals surface area (Å²) in [6.45, 7) is 9.64. The fraction of sp³-hybridized carbons (Fsp3) is 0.238. The van der Waals surface area contributed by atoms with Crippen molar-refractivity contribution in [2.75, 3.05) is 0 Å². The third kappa shape index (κ3) is 6.49. The smallest absolute Gasteiger partial charge is 0.343 e. The first-order chi connectivity index (χ1) is 24.0. The van der Waals surface area contributed by atoms with Crippen LogP contribution in [0, 0.1) is 13.8 Å². The van der Waals surface area contributed by atoms with Gasteiger partial charge in [-0.15, -0.1) is 0 Å². The molecule has 3 atom stereocenters. The zero-order valence-corrected chi connectivity index (χ0v) is 28.8. The van der Waals surface area contributed by atoms with Gasteiger partial charge < -0.3 is 20.1 Å². The second-order valence-corrected chi connectivity index (χ2v) is 13.1. The number of aromatic carboxylic acids is 1. The number of rotatable bonds is 10. The first kappa shape index (κ1) is 34.1. The summed E-state index contributed by atoms with van der Waals surface area (Å²) in [4.78, 5) is 36.3. The molecule has 6 aromatic rings. The fourth-order valence-corrected chi connectivity index (χ4v) is 6.65. The molecule has 0 saturated heterocycles. The zero-order chi connectivity index (χ0) is 35.7. The largest absolute Gasteiger partial charge is 0.505 e. The molecule has 0 bridgehead atoms. The Bertz CT molecular complexity index is 2230. The SMILES string of the molecule is Cc1ccc2c(C(=O)OC(C)c3cccc4c(C(=O)O)c(O)c(CC(C)c5ccccc5)nc34)c(O)c(CC(C)c3ccccc3)nc2c1C. The normalized spacial score (nSPS) is 13.2. The molecule has 8 nitrogen and oxygen atoms in total. The minimum absolute atomic E-state index is 0.0142.